The minimum Gasteiger partial charge on any atom is -0.273 e. The topological polar surface area (TPSA) is 57.7 Å². The highest BCUT2D eigenvalue weighted by Gasteiger charge is 2.56. The number of nitrogens with zero attached hydrogens (tertiary/aromatic N) is 2. The number of imide groups is 2. The zero-order valence-corrected chi connectivity index (χ0v) is 22.8. The monoisotopic (exact) mass is 504 g/mol. The molecule has 0 aliphatic carbocycles. The normalized spacial score (nSPS) is 15.5. The molecule has 0 atom stereocenters. The molecule has 3 rings (SSSR count). The summed E-state index contributed by atoms with van der Waals surface area (Å²) in [6.07, 6.45) is 10.8. The molecule has 0 bridgehead atoms. The maximum absolute atomic E-state index is 14.2. The van der Waals surface area contributed by atoms with Crippen LogP contribution in [0.25, 0.3) is 0 Å². The van der Waals surface area contributed by atoms with Gasteiger partial charge in [0.25, 0.3) is 0 Å². The molecule has 2 aromatic carbocycles. The number of carbonyl (C=O) groups excluding carboxylic acids is 3. The molecule has 1 saturated heterocycles. The second-order valence-corrected chi connectivity index (χ2v) is 10.4. The fourth-order valence-corrected chi connectivity index (χ4v) is 5.32. The average Bonchev–Trinajstić information content (AvgIpc) is 2.92. The first-order chi connectivity index (χ1) is 18.0. The molecule has 1 heterocycles. The van der Waals surface area contributed by atoms with Crippen molar-refractivity contribution in [3.05, 3.63) is 71.8 Å². The summed E-state index contributed by atoms with van der Waals surface area (Å²) >= 11 is 0. The number of unbranched alkanes of at least 4 members (excludes halogenated alkanes) is 8. The molecule has 200 valence electrons. The third-order valence-corrected chi connectivity index (χ3v) is 7.44. The van der Waals surface area contributed by atoms with E-state index in [1.165, 1.54) is 9.80 Å². The van der Waals surface area contributed by atoms with Crippen LogP contribution in [0, 0.1) is 5.41 Å². The fourth-order valence-electron chi connectivity index (χ4n) is 5.32. The van der Waals surface area contributed by atoms with Crippen molar-refractivity contribution in [3.8, 4) is 0 Å². The number of carbonyl (C=O) groups is 3. The Balaban J connectivity index is 1.95. The summed E-state index contributed by atoms with van der Waals surface area (Å²) < 4.78 is 0. The molecule has 0 radical (unpaired) electrons. The lowest BCUT2D eigenvalue weighted by molar-refractivity contribution is -0.159. The number of hydrogen-bond acceptors (Lipinski definition) is 3. The van der Waals surface area contributed by atoms with Crippen molar-refractivity contribution in [2.45, 2.75) is 90.9 Å². The van der Waals surface area contributed by atoms with E-state index in [1.54, 1.807) is 0 Å². The Labute approximate surface area is 223 Å². The average molecular weight is 505 g/mol. The van der Waals surface area contributed by atoms with E-state index >= 15 is 0 Å². The molecule has 0 spiro atoms. The van der Waals surface area contributed by atoms with Crippen molar-refractivity contribution < 1.29 is 14.4 Å². The van der Waals surface area contributed by atoms with E-state index in [2.05, 4.69) is 13.8 Å². The zero-order chi connectivity index (χ0) is 26.5. The van der Waals surface area contributed by atoms with Gasteiger partial charge in [0.1, 0.15) is 5.41 Å². The number of amides is 4. The van der Waals surface area contributed by atoms with E-state index < -0.39 is 11.4 Å². The second-order valence-electron chi connectivity index (χ2n) is 10.4. The number of hydrogen-bond donors (Lipinski definition) is 0. The van der Waals surface area contributed by atoms with Crippen molar-refractivity contribution >= 4 is 17.8 Å². The lowest BCUT2D eigenvalue weighted by Crippen LogP contribution is -2.66. The molecule has 0 unspecified atom stereocenters. The van der Waals surface area contributed by atoms with E-state index in [9.17, 15) is 14.4 Å². The summed E-state index contributed by atoms with van der Waals surface area (Å²) in [6, 6.07) is 19.1. The van der Waals surface area contributed by atoms with E-state index in [-0.39, 0.29) is 24.7 Å². The number of rotatable bonds is 16. The lowest BCUT2D eigenvalue weighted by atomic mass is 9.72. The maximum Gasteiger partial charge on any atom is 0.333 e. The lowest BCUT2D eigenvalue weighted by Gasteiger charge is -2.44. The standard InChI is InChI=1S/C32H44N2O3/c1-3-5-7-9-17-23-33-29(35)32(25-27-19-13-11-14-20-27,26-28-21-15-12-16-22-28)30(36)34(31(33)37)24-18-10-8-6-4-2/h11-16,19-22H,3-10,17-18,23-26H2,1-2H3. The summed E-state index contributed by atoms with van der Waals surface area (Å²) in [5, 5.41) is 0. The predicted molar refractivity (Wildman–Crippen MR) is 149 cm³/mol. The van der Waals surface area contributed by atoms with E-state index in [1.807, 2.05) is 60.7 Å². The van der Waals surface area contributed by atoms with Crippen LogP contribution in [-0.4, -0.2) is 40.7 Å². The molecule has 1 fully saturated rings. The molecular formula is C32H44N2O3. The van der Waals surface area contributed by atoms with Crippen LogP contribution in [0.4, 0.5) is 4.79 Å². The van der Waals surface area contributed by atoms with E-state index in [0.29, 0.717) is 13.1 Å². The van der Waals surface area contributed by atoms with Gasteiger partial charge < -0.3 is 0 Å². The van der Waals surface area contributed by atoms with Crippen LogP contribution in [0.2, 0.25) is 0 Å². The van der Waals surface area contributed by atoms with Crippen LogP contribution in [0.3, 0.4) is 0 Å². The van der Waals surface area contributed by atoms with Crippen LogP contribution in [-0.2, 0) is 22.4 Å². The molecule has 37 heavy (non-hydrogen) atoms. The smallest absolute Gasteiger partial charge is 0.273 e. The Bertz CT molecular complexity index is 910. The molecule has 2 aromatic rings. The van der Waals surface area contributed by atoms with Gasteiger partial charge in [-0.05, 0) is 36.8 Å². The van der Waals surface area contributed by atoms with Gasteiger partial charge in [0.05, 0.1) is 0 Å². The SMILES string of the molecule is CCCCCCCN1C(=O)N(CCCCCCC)C(=O)C(Cc2ccccc2)(Cc2ccccc2)C1=O. The van der Waals surface area contributed by atoms with Crippen molar-refractivity contribution in [3.63, 3.8) is 0 Å². The van der Waals surface area contributed by atoms with Gasteiger partial charge in [-0.15, -0.1) is 0 Å². The molecule has 1 aliphatic heterocycles. The second kappa shape index (κ2) is 14.7. The highest BCUT2D eigenvalue weighted by atomic mass is 16.2. The van der Waals surface area contributed by atoms with Crippen LogP contribution >= 0.6 is 0 Å². The highest BCUT2D eigenvalue weighted by molar-refractivity contribution is 6.19. The number of benzene rings is 2. The Morgan fingerprint density at radius 2 is 0.919 bits per heavy atom. The van der Waals surface area contributed by atoms with Crippen LogP contribution < -0.4 is 0 Å². The van der Waals surface area contributed by atoms with Crippen molar-refractivity contribution in [2.75, 3.05) is 13.1 Å². The fraction of sp³-hybridized carbons (Fsp3) is 0.531. The molecule has 1 aliphatic rings. The summed E-state index contributed by atoms with van der Waals surface area (Å²) in [4.78, 5) is 44.8. The molecular weight excluding hydrogens is 460 g/mol. The Kier molecular flexibility index (Phi) is 11.4. The first kappa shape index (κ1) is 28.6. The van der Waals surface area contributed by atoms with Crippen molar-refractivity contribution in [1.29, 1.82) is 0 Å². The molecule has 0 N–H and O–H groups in total. The summed E-state index contributed by atoms with van der Waals surface area (Å²) in [7, 11) is 0. The van der Waals surface area contributed by atoms with Gasteiger partial charge in [0.2, 0.25) is 11.8 Å². The summed E-state index contributed by atoms with van der Waals surface area (Å²) in [5.74, 6) is -0.680. The molecule has 5 nitrogen and oxygen atoms in total. The Morgan fingerprint density at radius 1 is 0.541 bits per heavy atom. The largest absolute Gasteiger partial charge is 0.333 e. The van der Waals surface area contributed by atoms with Gasteiger partial charge in [-0.2, -0.15) is 0 Å². The summed E-state index contributed by atoms with van der Waals surface area (Å²) in [6.45, 7) is 5.07. The Morgan fingerprint density at radius 3 is 1.30 bits per heavy atom. The first-order valence-electron chi connectivity index (χ1n) is 14.3. The van der Waals surface area contributed by atoms with E-state index in [4.69, 9.17) is 0 Å². The minimum absolute atomic E-state index is 0.284. The summed E-state index contributed by atoms with van der Waals surface area (Å²) in [5.41, 5.74) is 0.532. The molecule has 0 saturated carbocycles. The minimum atomic E-state index is -1.33. The highest BCUT2D eigenvalue weighted by Crippen LogP contribution is 2.37. The Hall–Kier alpha value is -2.95. The van der Waals surface area contributed by atoms with Gasteiger partial charge in [-0.3, -0.25) is 19.4 Å². The van der Waals surface area contributed by atoms with Crippen LogP contribution in [0.1, 0.15) is 89.2 Å². The van der Waals surface area contributed by atoms with Gasteiger partial charge in [0.15, 0.2) is 0 Å². The predicted octanol–water partition coefficient (Wildman–Crippen LogP) is 7.19. The van der Waals surface area contributed by atoms with Gasteiger partial charge in [-0.25, -0.2) is 4.79 Å². The van der Waals surface area contributed by atoms with Gasteiger partial charge >= 0.3 is 6.03 Å². The zero-order valence-electron chi connectivity index (χ0n) is 22.8. The van der Waals surface area contributed by atoms with Crippen molar-refractivity contribution in [1.82, 2.24) is 9.80 Å². The van der Waals surface area contributed by atoms with Crippen LogP contribution in [0.5, 0.6) is 0 Å². The molecule has 0 aromatic heterocycles. The third kappa shape index (κ3) is 7.53. The van der Waals surface area contributed by atoms with Crippen LogP contribution in [0.15, 0.2) is 60.7 Å². The third-order valence-electron chi connectivity index (χ3n) is 7.44. The quantitative estimate of drug-likeness (QED) is 0.180. The number of urea groups is 1. The van der Waals surface area contributed by atoms with Gasteiger partial charge in [-0.1, -0.05) is 126 Å². The van der Waals surface area contributed by atoms with E-state index in [0.717, 1.165) is 75.3 Å². The molecule has 5 heteroatoms. The maximum atomic E-state index is 14.2. The number of barbiturate groups is 1. The van der Waals surface area contributed by atoms with Crippen molar-refractivity contribution in [2.24, 2.45) is 5.41 Å². The molecule has 4 amide bonds. The first-order valence-corrected chi connectivity index (χ1v) is 14.3. The van der Waals surface area contributed by atoms with Gasteiger partial charge in [0, 0.05) is 13.1 Å².